The van der Waals surface area contributed by atoms with Crippen LogP contribution in [0.15, 0.2) is 53.3 Å². The molecular weight excluding hydrogens is 592 g/mol. The van der Waals surface area contributed by atoms with E-state index in [2.05, 4.69) is 29.0 Å². The summed E-state index contributed by atoms with van der Waals surface area (Å²) in [5, 5.41) is 14.2. The number of halogens is 6. The van der Waals surface area contributed by atoms with Crippen molar-refractivity contribution in [1.82, 2.24) is 14.7 Å². The molecule has 1 unspecified atom stereocenters. The van der Waals surface area contributed by atoms with Crippen molar-refractivity contribution in [2.75, 3.05) is 40.3 Å². The van der Waals surface area contributed by atoms with Crippen molar-refractivity contribution in [3.63, 3.8) is 0 Å². The molecule has 2 aromatic rings. The van der Waals surface area contributed by atoms with Gasteiger partial charge in [0, 0.05) is 51.9 Å². The lowest BCUT2D eigenvalue weighted by molar-refractivity contribution is -0.193. The molecule has 1 amide bonds. The number of ether oxygens (including phenoxy) is 1. The topological polar surface area (TPSA) is 124 Å². The molecule has 1 spiro atoms. The lowest BCUT2D eigenvalue weighted by Crippen LogP contribution is -2.61. The normalized spacial score (nSPS) is 18.9. The van der Waals surface area contributed by atoms with Gasteiger partial charge in [0.25, 0.3) is 5.91 Å². The van der Waals surface area contributed by atoms with E-state index in [9.17, 15) is 31.1 Å². The molecule has 3 heterocycles. The van der Waals surface area contributed by atoms with Crippen molar-refractivity contribution in [3.05, 3.63) is 60.1 Å². The summed E-state index contributed by atoms with van der Waals surface area (Å²) in [6.45, 7) is 5.00. The van der Waals surface area contributed by atoms with E-state index in [0.717, 1.165) is 44.6 Å². The number of carboxylic acid groups (broad SMARTS) is 2. The molecule has 2 saturated heterocycles. The maximum atomic E-state index is 13.1. The first-order valence-corrected chi connectivity index (χ1v) is 12.9. The number of morpholine rings is 1. The van der Waals surface area contributed by atoms with Crippen LogP contribution in [0.1, 0.15) is 24.0 Å². The summed E-state index contributed by atoms with van der Waals surface area (Å²) in [5.41, 5.74) is 2.11. The Hall–Kier alpha value is -3.63. The molecule has 4 rings (SSSR count). The van der Waals surface area contributed by atoms with Gasteiger partial charge in [-0.25, -0.2) is 9.59 Å². The van der Waals surface area contributed by atoms with Gasteiger partial charge in [-0.1, -0.05) is 30.3 Å². The Morgan fingerprint density at radius 1 is 0.953 bits per heavy atom. The summed E-state index contributed by atoms with van der Waals surface area (Å²) < 4.78 is 75.2. The molecule has 16 heteroatoms. The van der Waals surface area contributed by atoms with Gasteiger partial charge >= 0.3 is 24.3 Å². The number of rotatable bonds is 5. The molecule has 1 aromatic carbocycles. The van der Waals surface area contributed by atoms with E-state index < -0.39 is 30.4 Å². The van der Waals surface area contributed by atoms with Crippen molar-refractivity contribution < 1.29 is 60.1 Å². The van der Waals surface area contributed by atoms with Gasteiger partial charge in [0.05, 0.1) is 18.1 Å². The Balaban J connectivity index is 0.000000384. The lowest BCUT2D eigenvalue weighted by Gasteiger charge is -2.49. The number of hydrogen-bond donors (Lipinski definition) is 2. The molecule has 0 radical (unpaired) electrons. The average Bonchev–Trinajstić information content (AvgIpc) is 3.43. The van der Waals surface area contributed by atoms with E-state index in [-0.39, 0.29) is 11.5 Å². The van der Waals surface area contributed by atoms with E-state index in [4.69, 9.17) is 29.0 Å². The molecule has 2 aliphatic rings. The van der Waals surface area contributed by atoms with Crippen LogP contribution < -0.4 is 0 Å². The van der Waals surface area contributed by atoms with Crippen LogP contribution in [0.4, 0.5) is 26.3 Å². The highest BCUT2D eigenvalue weighted by atomic mass is 19.4. The van der Waals surface area contributed by atoms with Gasteiger partial charge in [-0.15, -0.1) is 0 Å². The monoisotopic (exact) mass is 625 g/mol. The van der Waals surface area contributed by atoms with E-state index in [1.54, 1.807) is 11.2 Å². The standard InChI is InChI=1S/C23H31N3O3.2C2HF3O2/c1-24-16-21(22(27)25(2)14-19-6-4-3-5-7-19)29-23(18-24)9-11-26(12-10-23)15-20-8-13-28-17-20;2*3-2(4,5)1(6)7/h3-8,13,17,21H,9-12,14-16,18H2,1-2H3;2*(H,6,7). The molecule has 1 atom stereocenters. The number of benzene rings is 1. The second-order valence-electron chi connectivity index (χ2n) is 10.2. The van der Waals surface area contributed by atoms with Gasteiger partial charge in [0.15, 0.2) is 0 Å². The molecular formula is C27H33F6N3O7. The highest BCUT2D eigenvalue weighted by Crippen LogP contribution is 2.33. The number of piperidine rings is 1. The Bertz CT molecular complexity index is 1140. The second-order valence-corrected chi connectivity index (χ2v) is 10.2. The van der Waals surface area contributed by atoms with Gasteiger partial charge in [0.1, 0.15) is 6.10 Å². The van der Waals surface area contributed by atoms with E-state index >= 15 is 0 Å². The number of amides is 1. The summed E-state index contributed by atoms with van der Waals surface area (Å²) in [5.74, 6) is -5.44. The van der Waals surface area contributed by atoms with Crippen LogP contribution in [0.3, 0.4) is 0 Å². The first-order valence-electron chi connectivity index (χ1n) is 12.9. The van der Waals surface area contributed by atoms with Crippen LogP contribution in [0.5, 0.6) is 0 Å². The Kier molecular flexibility index (Phi) is 12.6. The zero-order valence-corrected chi connectivity index (χ0v) is 23.4. The van der Waals surface area contributed by atoms with Gasteiger partial charge in [-0.2, -0.15) is 26.3 Å². The molecule has 0 bridgehead atoms. The summed E-state index contributed by atoms with van der Waals surface area (Å²) in [4.78, 5) is 37.4. The maximum Gasteiger partial charge on any atom is 0.490 e. The third-order valence-corrected chi connectivity index (χ3v) is 6.58. The van der Waals surface area contributed by atoms with E-state index in [0.29, 0.717) is 13.1 Å². The van der Waals surface area contributed by atoms with Crippen molar-refractivity contribution >= 4 is 17.8 Å². The molecule has 2 aliphatic heterocycles. The number of carbonyl (C=O) groups is 3. The van der Waals surface area contributed by atoms with Crippen LogP contribution >= 0.6 is 0 Å². The highest BCUT2D eigenvalue weighted by molar-refractivity contribution is 5.81. The Morgan fingerprint density at radius 3 is 1.95 bits per heavy atom. The Morgan fingerprint density at radius 2 is 1.49 bits per heavy atom. The van der Waals surface area contributed by atoms with Crippen molar-refractivity contribution in [2.45, 2.75) is 50.0 Å². The zero-order valence-electron chi connectivity index (χ0n) is 23.4. The predicted molar refractivity (Wildman–Crippen MR) is 139 cm³/mol. The lowest BCUT2D eigenvalue weighted by atomic mass is 9.88. The third-order valence-electron chi connectivity index (χ3n) is 6.58. The number of hydrogen-bond acceptors (Lipinski definition) is 7. The SMILES string of the molecule is CN1CC(C(=O)N(C)Cc2ccccc2)OC2(CCN(Cc3ccoc3)CC2)C1.O=C(O)C(F)(F)F.O=C(O)C(F)(F)F. The van der Waals surface area contributed by atoms with E-state index in [1.165, 1.54) is 5.56 Å². The fraction of sp³-hybridized carbons (Fsp3) is 0.519. The smallest absolute Gasteiger partial charge is 0.475 e. The minimum absolute atomic E-state index is 0.0700. The average molecular weight is 626 g/mol. The largest absolute Gasteiger partial charge is 0.490 e. The third kappa shape index (κ3) is 11.9. The number of furan rings is 1. The van der Waals surface area contributed by atoms with Gasteiger partial charge in [0.2, 0.25) is 0 Å². The molecule has 2 N–H and O–H groups in total. The number of likely N-dealkylation sites (N-methyl/N-ethyl adjacent to an activating group) is 2. The van der Waals surface area contributed by atoms with Crippen LogP contribution in [-0.2, 0) is 32.2 Å². The molecule has 0 aliphatic carbocycles. The number of likely N-dealkylation sites (tertiary alicyclic amines) is 1. The molecule has 10 nitrogen and oxygen atoms in total. The highest BCUT2D eigenvalue weighted by Gasteiger charge is 2.44. The van der Waals surface area contributed by atoms with Gasteiger partial charge in [-0.05, 0) is 31.5 Å². The summed E-state index contributed by atoms with van der Waals surface area (Å²) >= 11 is 0. The summed E-state index contributed by atoms with van der Waals surface area (Å²) in [7, 11) is 3.97. The minimum Gasteiger partial charge on any atom is -0.475 e. The van der Waals surface area contributed by atoms with Crippen molar-refractivity contribution in [3.8, 4) is 0 Å². The quantitative estimate of drug-likeness (QED) is 0.477. The molecule has 240 valence electrons. The predicted octanol–water partition coefficient (Wildman–Crippen LogP) is 3.87. The fourth-order valence-electron chi connectivity index (χ4n) is 4.56. The first-order chi connectivity index (χ1) is 19.9. The van der Waals surface area contributed by atoms with Crippen molar-refractivity contribution in [1.29, 1.82) is 0 Å². The zero-order chi connectivity index (χ0) is 32.4. The van der Waals surface area contributed by atoms with Crippen molar-refractivity contribution in [2.24, 2.45) is 0 Å². The van der Waals surface area contributed by atoms with Crippen LogP contribution in [0.25, 0.3) is 0 Å². The van der Waals surface area contributed by atoms with Gasteiger partial charge < -0.3 is 29.2 Å². The van der Waals surface area contributed by atoms with Crippen LogP contribution in [0.2, 0.25) is 0 Å². The summed E-state index contributed by atoms with van der Waals surface area (Å²) in [6, 6.07) is 12.1. The minimum atomic E-state index is -5.08. The molecule has 43 heavy (non-hydrogen) atoms. The molecule has 2 fully saturated rings. The number of alkyl halides is 6. The summed E-state index contributed by atoms with van der Waals surface area (Å²) in [6.07, 6.45) is -5.14. The number of aliphatic carboxylic acids is 2. The molecule has 0 saturated carbocycles. The number of nitrogens with zero attached hydrogens (tertiary/aromatic N) is 3. The Labute approximate surface area is 243 Å². The van der Waals surface area contributed by atoms with Gasteiger partial charge in [-0.3, -0.25) is 9.69 Å². The number of carboxylic acids is 2. The fourth-order valence-corrected chi connectivity index (χ4v) is 4.56. The molecule has 1 aromatic heterocycles. The first kappa shape index (κ1) is 35.6. The van der Waals surface area contributed by atoms with E-state index in [1.807, 2.05) is 37.6 Å². The second kappa shape index (κ2) is 15.2. The van der Waals surface area contributed by atoms with Crippen LogP contribution in [-0.4, -0.2) is 107 Å². The number of carbonyl (C=O) groups excluding carboxylic acids is 1. The maximum absolute atomic E-state index is 13.1. The van der Waals surface area contributed by atoms with Crippen LogP contribution in [0, 0.1) is 0 Å².